The van der Waals surface area contributed by atoms with Crippen LogP contribution in [0.25, 0.3) is 0 Å². The van der Waals surface area contributed by atoms with Gasteiger partial charge in [0.25, 0.3) is 0 Å². The Morgan fingerprint density at radius 1 is 1.64 bits per heavy atom. The minimum Gasteiger partial charge on any atom is -0.411 e. The number of pyridine rings is 1. The summed E-state index contributed by atoms with van der Waals surface area (Å²) in [5.74, 6) is 0.891. The number of hydrogen-bond donors (Lipinski definition) is 2. The molecule has 76 valence electrons. The van der Waals surface area contributed by atoms with Crippen molar-refractivity contribution in [3.63, 3.8) is 0 Å². The van der Waals surface area contributed by atoms with E-state index in [-0.39, 0.29) is 0 Å². The van der Waals surface area contributed by atoms with Gasteiger partial charge in [-0.2, -0.15) is 0 Å². The van der Waals surface area contributed by atoms with Gasteiger partial charge in [-0.25, -0.2) is 4.98 Å². The molecule has 0 fully saturated rings. The second kappa shape index (κ2) is 5.21. The maximum atomic E-state index is 8.35. The first-order valence-corrected chi connectivity index (χ1v) is 4.66. The number of rotatable bonds is 4. The Hall–Kier alpha value is -1.58. The van der Waals surface area contributed by atoms with Gasteiger partial charge in [-0.15, -0.1) is 0 Å². The van der Waals surface area contributed by atoms with Crippen LogP contribution in [0.5, 0.6) is 0 Å². The molecule has 0 atom stereocenters. The highest BCUT2D eigenvalue weighted by atomic mass is 16.4. The Bertz CT molecular complexity index is 323. The highest BCUT2D eigenvalue weighted by molar-refractivity contribution is 5.79. The van der Waals surface area contributed by atoms with Crippen LogP contribution in [-0.4, -0.2) is 23.0 Å². The van der Waals surface area contributed by atoms with Crippen LogP contribution in [0, 0.1) is 6.92 Å². The van der Waals surface area contributed by atoms with E-state index >= 15 is 0 Å². The lowest BCUT2D eigenvalue weighted by Crippen LogP contribution is -2.04. The van der Waals surface area contributed by atoms with E-state index in [2.05, 4.69) is 22.4 Å². The maximum Gasteiger partial charge on any atom is 0.128 e. The zero-order chi connectivity index (χ0) is 10.4. The number of hydrogen-bond acceptors (Lipinski definition) is 4. The molecule has 14 heavy (non-hydrogen) atoms. The van der Waals surface area contributed by atoms with Crippen LogP contribution in [0.15, 0.2) is 17.4 Å². The van der Waals surface area contributed by atoms with Crippen LogP contribution in [0.2, 0.25) is 0 Å². The summed E-state index contributed by atoms with van der Waals surface area (Å²) in [6, 6.07) is 1.92. The molecular weight excluding hydrogens is 178 g/mol. The van der Waals surface area contributed by atoms with Crippen molar-refractivity contribution in [1.29, 1.82) is 0 Å². The molecule has 0 radical (unpaired) electrons. The molecule has 0 aliphatic carbocycles. The predicted octanol–water partition coefficient (Wildman–Crippen LogP) is 2.02. The van der Waals surface area contributed by atoms with Gasteiger partial charge >= 0.3 is 0 Å². The number of anilines is 1. The molecule has 0 aliphatic heterocycles. The quantitative estimate of drug-likeness (QED) is 0.437. The molecule has 0 spiro atoms. The van der Waals surface area contributed by atoms with Crippen LogP contribution < -0.4 is 5.32 Å². The largest absolute Gasteiger partial charge is 0.411 e. The van der Waals surface area contributed by atoms with Crippen LogP contribution in [0.1, 0.15) is 24.5 Å². The van der Waals surface area contributed by atoms with E-state index in [1.54, 1.807) is 6.20 Å². The van der Waals surface area contributed by atoms with Gasteiger partial charge in [0.15, 0.2) is 0 Å². The molecule has 2 N–H and O–H groups in total. The zero-order valence-corrected chi connectivity index (χ0v) is 8.49. The van der Waals surface area contributed by atoms with Crippen molar-refractivity contribution in [3.05, 3.63) is 23.4 Å². The summed E-state index contributed by atoms with van der Waals surface area (Å²) in [5.41, 5.74) is 1.85. The fourth-order valence-corrected chi connectivity index (χ4v) is 1.16. The summed E-state index contributed by atoms with van der Waals surface area (Å²) in [6.07, 6.45) is 4.11. The SMILES string of the molecule is CCCNc1ncc(/C=N\O)cc1C. The molecule has 4 nitrogen and oxygen atoms in total. The van der Waals surface area contributed by atoms with E-state index in [1.165, 1.54) is 6.21 Å². The van der Waals surface area contributed by atoms with Crippen LogP contribution in [0.4, 0.5) is 5.82 Å². The minimum atomic E-state index is 0.798. The number of aromatic nitrogens is 1. The molecule has 0 unspecified atom stereocenters. The molecule has 0 saturated carbocycles. The minimum absolute atomic E-state index is 0.798. The molecular formula is C10H15N3O. The van der Waals surface area contributed by atoms with Crippen LogP contribution in [-0.2, 0) is 0 Å². The smallest absolute Gasteiger partial charge is 0.128 e. The Morgan fingerprint density at radius 3 is 3.00 bits per heavy atom. The number of aryl methyl sites for hydroxylation is 1. The lowest BCUT2D eigenvalue weighted by molar-refractivity contribution is 0.322. The Balaban J connectivity index is 2.79. The number of oxime groups is 1. The first kappa shape index (κ1) is 10.5. The monoisotopic (exact) mass is 193 g/mol. The summed E-state index contributed by atoms with van der Waals surface area (Å²) < 4.78 is 0. The Kier molecular flexibility index (Phi) is 3.91. The van der Waals surface area contributed by atoms with Gasteiger partial charge < -0.3 is 10.5 Å². The fourth-order valence-electron chi connectivity index (χ4n) is 1.16. The van der Waals surface area contributed by atoms with E-state index in [0.717, 1.165) is 29.9 Å². The first-order chi connectivity index (χ1) is 6.77. The third-order valence-electron chi connectivity index (χ3n) is 1.85. The average Bonchev–Trinajstić information content (AvgIpc) is 2.17. The molecule has 4 heteroatoms. The highest BCUT2D eigenvalue weighted by Gasteiger charge is 1.99. The summed E-state index contributed by atoms with van der Waals surface area (Å²) in [4.78, 5) is 4.22. The number of nitrogens with zero attached hydrogens (tertiary/aromatic N) is 2. The van der Waals surface area contributed by atoms with Crippen LogP contribution >= 0.6 is 0 Å². The van der Waals surface area contributed by atoms with E-state index in [1.807, 2.05) is 13.0 Å². The number of nitrogens with one attached hydrogen (secondary N) is 1. The van der Waals surface area contributed by atoms with Gasteiger partial charge in [-0.05, 0) is 25.0 Å². The van der Waals surface area contributed by atoms with Crippen LogP contribution in [0.3, 0.4) is 0 Å². The van der Waals surface area contributed by atoms with E-state index < -0.39 is 0 Å². The molecule has 1 heterocycles. The summed E-state index contributed by atoms with van der Waals surface area (Å²) in [7, 11) is 0. The molecule has 0 saturated heterocycles. The molecule has 0 aromatic carbocycles. The summed E-state index contributed by atoms with van der Waals surface area (Å²) >= 11 is 0. The van der Waals surface area contributed by atoms with Crippen molar-refractivity contribution < 1.29 is 5.21 Å². The molecule has 0 bridgehead atoms. The standard InChI is InChI=1S/C10H15N3O/c1-3-4-11-10-8(2)5-9(6-12-10)7-13-14/h5-7,14H,3-4H2,1-2H3,(H,11,12)/b13-7-. The van der Waals surface area contributed by atoms with Crippen molar-refractivity contribution in [1.82, 2.24) is 4.98 Å². The molecule has 0 amide bonds. The average molecular weight is 193 g/mol. The normalized spacial score (nSPS) is 10.7. The third-order valence-corrected chi connectivity index (χ3v) is 1.85. The topological polar surface area (TPSA) is 57.5 Å². The summed E-state index contributed by atoms with van der Waals surface area (Å²) in [6.45, 7) is 5.00. The maximum absolute atomic E-state index is 8.35. The van der Waals surface area contributed by atoms with E-state index in [9.17, 15) is 0 Å². The molecule has 1 rings (SSSR count). The van der Waals surface area contributed by atoms with Gasteiger partial charge in [-0.1, -0.05) is 12.1 Å². The van der Waals surface area contributed by atoms with Gasteiger partial charge in [0.1, 0.15) is 5.82 Å². The first-order valence-electron chi connectivity index (χ1n) is 4.66. The van der Waals surface area contributed by atoms with E-state index in [4.69, 9.17) is 5.21 Å². The predicted molar refractivity (Wildman–Crippen MR) is 57.1 cm³/mol. The second-order valence-electron chi connectivity index (χ2n) is 3.11. The zero-order valence-electron chi connectivity index (χ0n) is 8.49. The molecule has 1 aromatic rings. The highest BCUT2D eigenvalue weighted by Crippen LogP contribution is 2.11. The second-order valence-corrected chi connectivity index (χ2v) is 3.11. The van der Waals surface area contributed by atoms with Gasteiger partial charge in [0, 0.05) is 18.3 Å². The molecule has 1 aromatic heterocycles. The Morgan fingerprint density at radius 2 is 2.43 bits per heavy atom. The lowest BCUT2D eigenvalue weighted by atomic mass is 10.2. The lowest BCUT2D eigenvalue weighted by Gasteiger charge is -2.07. The third kappa shape index (κ3) is 2.73. The molecule has 0 aliphatic rings. The van der Waals surface area contributed by atoms with Gasteiger partial charge in [-0.3, -0.25) is 0 Å². The van der Waals surface area contributed by atoms with Crippen molar-refractivity contribution in [2.24, 2.45) is 5.16 Å². The fraction of sp³-hybridized carbons (Fsp3) is 0.400. The van der Waals surface area contributed by atoms with E-state index in [0.29, 0.717) is 0 Å². The summed E-state index contributed by atoms with van der Waals surface area (Å²) in [5, 5.41) is 14.5. The van der Waals surface area contributed by atoms with Gasteiger partial charge in [0.05, 0.1) is 6.21 Å². The Labute approximate surface area is 83.7 Å². The van der Waals surface area contributed by atoms with Crippen molar-refractivity contribution in [3.8, 4) is 0 Å². The van der Waals surface area contributed by atoms with Crippen molar-refractivity contribution in [2.75, 3.05) is 11.9 Å². The van der Waals surface area contributed by atoms with Gasteiger partial charge in [0.2, 0.25) is 0 Å². The van der Waals surface area contributed by atoms with Crippen molar-refractivity contribution >= 4 is 12.0 Å². The van der Waals surface area contributed by atoms with Crippen molar-refractivity contribution in [2.45, 2.75) is 20.3 Å².